The van der Waals surface area contributed by atoms with E-state index in [1.807, 2.05) is 6.07 Å². The normalized spacial score (nSPS) is 13.0. The first kappa shape index (κ1) is 14.6. The van der Waals surface area contributed by atoms with E-state index in [1.54, 1.807) is 6.92 Å². The van der Waals surface area contributed by atoms with Gasteiger partial charge in [0.15, 0.2) is 0 Å². The Morgan fingerprint density at radius 3 is 2.72 bits per heavy atom. The molecule has 1 unspecified atom stereocenters. The predicted molar refractivity (Wildman–Crippen MR) is 67.1 cm³/mol. The smallest absolute Gasteiger partial charge is 0.148 e. The molecule has 0 aliphatic rings. The summed E-state index contributed by atoms with van der Waals surface area (Å²) in [7, 11) is -3.05. The van der Waals surface area contributed by atoms with Crippen LogP contribution < -0.4 is 5.32 Å². The number of hydrogen-bond acceptors (Lipinski definition) is 4. The first-order valence-corrected chi connectivity index (χ1v) is 7.47. The number of benzene rings is 1. The topological polar surface area (TPSA) is 70.0 Å². The average molecular weight is 270 g/mol. The minimum absolute atomic E-state index is 0.00417. The standard InChI is InChI=1S/C12H15FN2O2S/c1-9(8-18(2,16)17)15-7-11-5-12(13)4-3-10(11)6-14/h3-5,9,15H,7-8H2,1-2H3. The molecule has 0 aliphatic carbocycles. The lowest BCUT2D eigenvalue weighted by Crippen LogP contribution is -2.32. The van der Waals surface area contributed by atoms with Crippen molar-refractivity contribution in [2.75, 3.05) is 12.0 Å². The highest BCUT2D eigenvalue weighted by molar-refractivity contribution is 7.90. The Morgan fingerprint density at radius 1 is 1.50 bits per heavy atom. The van der Waals surface area contributed by atoms with E-state index in [9.17, 15) is 12.8 Å². The Bertz CT molecular complexity index is 564. The molecule has 0 radical (unpaired) electrons. The van der Waals surface area contributed by atoms with Gasteiger partial charge in [0.25, 0.3) is 0 Å². The molecular weight excluding hydrogens is 255 g/mol. The van der Waals surface area contributed by atoms with Gasteiger partial charge in [-0.05, 0) is 30.7 Å². The Morgan fingerprint density at radius 2 is 2.17 bits per heavy atom. The van der Waals surface area contributed by atoms with E-state index in [-0.39, 0.29) is 18.3 Å². The Labute approximate surface area is 106 Å². The lowest BCUT2D eigenvalue weighted by molar-refractivity contribution is 0.557. The van der Waals surface area contributed by atoms with Gasteiger partial charge in [-0.1, -0.05) is 0 Å². The molecule has 98 valence electrons. The molecule has 1 atom stereocenters. The quantitative estimate of drug-likeness (QED) is 0.873. The zero-order chi connectivity index (χ0) is 13.8. The van der Waals surface area contributed by atoms with Crippen molar-refractivity contribution >= 4 is 9.84 Å². The van der Waals surface area contributed by atoms with Crippen LogP contribution in [0.15, 0.2) is 18.2 Å². The van der Waals surface area contributed by atoms with Crippen molar-refractivity contribution in [2.45, 2.75) is 19.5 Å². The van der Waals surface area contributed by atoms with Gasteiger partial charge in [-0.25, -0.2) is 12.8 Å². The van der Waals surface area contributed by atoms with Crippen LogP contribution in [-0.2, 0) is 16.4 Å². The van der Waals surface area contributed by atoms with Gasteiger partial charge >= 0.3 is 0 Å². The third-order valence-electron chi connectivity index (χ3n) is 2.38. The third-order valence-corrected chi connectivity index (χ3v) is 3.49. The summed E-state index contributed by atoms with van der Waals surface area (Å²) < 4.78 is 35.2. The number of halogens is 1. The van der Waals surface area contributed by atoms with E-state index in [2.05, 4.69) is 5.32 Å². The molecule has 4 nitrogen and oxygen atoms in total. The molecule has 0 aromatic heterocycles. The lowest BCUT2D eigenvalue weighted by atomic mass is 10.1. The van der Waals surface area contributed by atoms with Crippen molar-refractivity contribution in [2.24, 2.45) is 0 Å². The van der Waals surface area contributed by atoms with Crippen LogP contribution in [-0.4, -0.2) is 26.5 Å². The van der Waals surface area contributed by atoms with E-state index < -0.39 is 15.7 Å². The molecule has 0 fully saturated rings. The maximum Gasteiger partial charge on any atom is 0.148 e. The summed E-state index contributed by atoms with van der Waals surface area (Å²) in [5, 5.41) is 11.8. The largest absolute Gasteiger partial charge is 0.309 e. The Kier molecular flexibility index (Phi) is 4.82. The molecule has 1 N–H and O–H groups in total. The molecule has 1 aromatic carbocycles. The highest BCUT2D eigenvalue weighted by Gasteiger charge is 2.11. The molecule has 1 rings (SSSR count). The Balaban J connectivity index is 2.69. The second-order valence-electron chi connectivity index (χ2n) is 4.29. The maximum atomic E-state index is 13.0. The highest BCUT2D eigenvalue weighted by atomic mass is 32.2. The molecule has 0 spiro atoms. The van der Waals surface area contributed by atoms with E-state index in [4.69, 9.17) is 5.26 Å². The van der Waals surface area contributed by atoms with Gasteiger partial charge in [-0.15, -0.1) is 0 Å². The molecular formula is C12H15FN2O2S. The zero-order valence-electron chi connectivity index (χ0n) is 10.3. The molecule has 0 bridgehead atoms. The van der Waals surface area contributed by atoms with Crippen molar-refractivity contribution in [3.63, 3.8) is 0 Å². The van der Waals surface area contributed by atoms with Gasteiger partial charge in [0, 0.05) is 18.8 Å². The van der Waals surface area contributed by atoms with Crippen LogP contribution in [0.4, 0.5) is 4.39 Å². The summed E-state index contributed by atoms with van der Waals surface area (Å²) in [6.07, 6.45) is 1.16. The van der Waals surface area contributed by atoms with Crippen LogP contribution in [0.2, 0.25) is 0 Å². The summed E-state index contributed by atoms with van der Waals surface area (Å²) >= 11 is 0. The van der Waals surface area contributed by atoms with E-state index in [1.165, 1.54) is 18.2 Å². The second-order valence-corrected chi connectivity index (χ2v) is 6.47. The minimum Gasteiger partial charge on any atom is -0.309 e. The van der Waals surface area contributed by atoms with Crippen LogP contribution in [0.1, 0.15) is 18.1 Å². The van der Waals surface area contributed by atoms with Gasteiger partial charge in [-0.2, -0.15) is 5.26 Å². The number of nitrogens with one attached hydrogen (secondary N) is 1. The van der Waals surface area contributed by atoms with Crippen LogP contribution in [0.3, 0.4) is 0 Å². The summed E-state index contributed by atoms with van der Waals surface area (Å²) in [5.74, 6) is -0.411. The molecule has 0 heterocycles. The molecule has 0 aliphatic heterocycles. The van der Waals surface area contributed by atoms with Crippen LogP contribution in [0.25, 0.3) is 0 Å². The molecule has 1 aromatic rings. The summed E-state index contributed by atoms with van der Waals surface area (Å²) in [6.45, 7) is 1.99. The minimum atomic E-state index is -3.05. The first-order chi connectivity index (χ1) is 8.31. The lowest BCUT2D eigenvalue weighted by Gasteiger charge is -2.13. The van der Waals surface area contributed by atoms with E-state index >= 15 is 0 Å². The SMILES string of the molecule is CC(CS(C)(=O)=O)NCc1cc(F)ccc1C#N. The average Bonchev–Trinajstić information content (AvgIpc) is 2.24. The first-order valence-electron chi connectivity index (χ1n) is 5.41. The monoisotopic (exact) mass is 270 g/mol. The van der Waals surface area contributed by atoms with Crippen LogP contribution in [0.5, 0.6) is 0 Å². The van der Waals surface area contributed by atoms with Gasteiger partial charge < -0.3 is 5.32 Å². The fraction of sp³-hybridized carbons (Fsp3) is 0.417. The van der Waals surface area contributed by atoms with Gasteiger partial charge in [0.2, 0.25) is 0 Å². The van der Waals surface area contributed by atoms with Crippen molar-refractivity contribution in [3.05, 3.63) is 35.1 Å². The number of hydrogen-bond donors (Lipinski definition) is 1. The van der Waals surface area contributed by atoms with Crippen molar-refractivity contribution in [1.82, 2.24) is 5.32 Å². The van der Waals surface area contributed by atoms with Gasteiger partial charge in [-0.3, -0.25) is 0 Å². The number of nitriles is 1. The maximum absolute atomic E-state index is 13.0. The number of sulfone groups is 1. The molecule has 0 amide bonds. The predicted octanol–water partition coefficient (Wildman–Crippen LogP) is 1.22. The third kappa shape index (κ3) is 4.82. The fourth-order valence-electron chi connectivity index (χ4n) is 1.61. The van der Waals surface area contributed by atoms with Crippen LogP contribution >= 0.6 is 0 Å². The zero-order valence-corrected chi connectivity index (χ0v) is 11.1. The second kappa shape index (κ2) is 5.94. The Hall–Kier alpha value is -1.45. The molecule has 0 saturated carbocycles. The van der Waals surface area contributed by atoms with E-state index in [0.717, 1.165) is 6.26 Å². The highest BCUT2D eigenvalue weighted by Crippen LogP contribution is 2.10. The van der Waals surface area contributed by atoms with Crippen molar-refractivity contribution in [3.8, 4) is 6.07 Å². The van der Waals surface area contributed by atoms with Gasteiger partial charge in [0.1, 0.15) is 15.7 Å². The molecule has 0 saturated heterocycles. The molecule has 6 heteroatoms. The summed E-state index contributed by atoms with van der Waals surface area (Å²) in [4.78, 5) is 0. The van der Waals surface area contributed by atoms with E-state index in [0.29, 0.717) is 11.1 Å². The fourth-order valence-corrected chi connectivity index (χ4v) is 2.64. The number of rotatable bonds is 5. The van der Waals surface area contributed by atoms with Gasteiger partial charge in [0.05, 0.1) is 17.4 Å². The van der Waals surface area contributed by atoms with Crippen molar-refractivity contribution in [1.29, 1.82) is 5.26 Å². The van der Waals surface area contributed by atoms with Crippen molar-refractivity contribution < 1.29 is 12.8 Å². The summed E-state index contributed by atoms with van der Waals surface area (Å²) in [5.41, 5.74) is 0.910. The summed E-state index contributed by atoms with van der Waals surface area (Å²) in [6, 6.07) is 5.63. The molecule has 18 heavy (non-hydrogen) atoms. The number of nitrogens with zero attached hydrogens (tertiary/aromatic N) is 1. The van der Waals surface area contributed by atoms with Crippen LogP contribution in [0, 0.1) is 17.1 Å².